The molecule has 84 valence electrons. The van der Waals surface area contributed by atoms with Gasteiger partial charge in [-0.05, 0) is 49.6 Å². The van der Waals surface area contributed by atoms with Crippen LogP contribution in [0.2, 0.25) is 0 Å². The highest BCUT2D eigenvalue weighted by Gasteiger charge is 2.07. The number of benzene rings is 1. The second kappa shape index (κ2) is 4.34. The van der Waals surface area contributed by atoms with Crippen molar-refractivity contribution in [3.05, 3.63) is 46.8 Å². The summed E-state index contributed by atoms with van der Waals surface area (Å²) in [6, 6.07) is 6.12. The Balaban J connectivity index is 2.55. The molecule has 3 nitrogen and oxygen atoms in total. The third-order valence-electron chi connectivity index (χ3n) is 2.68. The highest BCUT2D eigenvalue weighted by atomic mass is 14.9. The molecule has 0 radical (unpaired) electrons. The molecule has 2 aromatic rings. The molecule has 17 heavy (non-hydrogen) atoms. The van der Waals surface area contributed by atoms with Gasteiger partial charge in [0.15, 0.2) is 5.82 Å². The van der Waals surface area contributed by atoms with Gasteiger partial charge in [-0.1, -0.05) is 0 Å². The molecule has 2 rings (SSSR count). The maximum Gasteiger partial charge on any atom is 0.159 e. The van der Waals surface area contributed by atoms with Crippen LogP contribution in [0.15, 0.2) is 24.5 Å². The van der Waals surface area contributed by atoms with Gasteiger partial charge in [0.1, 0.15) is 0 Å². The Labute approximate surface area is 101 Å². The van der Waals surface area contributed by atoms with Crippen LogP contribution < -0.4 is 0 Å². The van der Waals surface area contributed by atoms with E-state index in [1.54, 1.807) is 12.4 Å². The molecular formula is C14H13N3. The molecule has 0 unspecified atom stereocenters. The minimum Gasteiger partial charge on any atom is -0.236 e. The monoisotopic (exact) mass is 223 g/mol. The Morgan fingerprint density at radius 1 is 1.00 bits per heavy atom. The van der Waals surface area contributed by atoms with Gasteiger partial charge in [-0.3, -0.25) is 0 Å². The molecule has 1 heterocycles. The van der Waals surface area contributed by atoms with Crippen molar-refractivity contribution < 1.29 is 0 Å². The van der Waals surface area contributed by atoms with Gasteiger partial charge in [-0.2, -0.15) is 5.26 Å². The highest BCUT2D eigenvalue weighted by Crippen LogP contribution is 2.22. The lowest BCUT2D eigenvalue weighted by Gasteiger charge is -2.06. The molecule has 0 aliphatic heterocycles. The first-order valence-electron chi connectivity index (χ1n) is 5.42. The number of nitrogens with zero attached hydrogens (tertiary/aromatic N) is 3. The maximum absolute atomic E-state index is 9.02. The zero-order valence-corrected chi connectivity index (χ0v) is 10.2. The van der Waals surface area contributed by atoms with E-state index >= 15 is 0 Å². The second-order valence-corrected chi connectivity index (χ2v) is 4.18. The van der Waals surface area contributed by atoms with Gasteiger partial charge in [0.25, 0.3) is 0 Å². The zero-order valence-electron chi connectivity index (χ0n) is 10.2. The van der Waals surface area contributed by atoms with Gasteiger partial charge < -0.3 is 0 Å². The van der Waals surface area contributed by atoms with Crippen molar-refractivity contribution in [3.8, 4) is 17.5 Å². The minimum atomic E-state index is 0.700. The first kappa shape index (κ1) is 11.3. The number of hydrogen-bond acceptors (Lipinski definition) is 3. The summed E-state index contributed by atoms with van der Waals surface area (Å²) in [5.74, 6) is 0.700. The van der Waals surface area contributed by atoms with Gasteiger partial charge in [-0.25, -0.2) is 9.97 Å². The molecular weight excluding hydrogens is 210 g/mol. The zero-order chi connectivity index (χ0) is 12.4. The molecule has 0 N–H and O–H groups in total. The van der Waals surface area contributed by atoms with Crippen LogP contribution in [0.5, 0.6) is 0 Å². The predicted molar refractivity (Wildman–Crippen MR) is 66.4 cm³/mol. The van der Waals surface area contributed by atoms with Crippen molar-refractivity contribution in [1.29, 1.82) is 5.26 Å². The molecule has 0 saturated heterocycles. The highest BCUT2D eigenvalue weighted by molar-refractivity contribution is 5.61. The molecule has 0 aliphatic carbocycles. The van der Waals surface area contributed by atoms with Crippen LogP contribution >= 0.6 is 0 Å². The topological polar surface area (TPSA) is 49.6 Å². The first-order chi connectivity index (χ1) is 8.11. The number of rotatable bonds is 1. The second-order valence-electron chi connectivity index (χ2n) is 4.18. The van der Waals surface area contributed by atoms with E-state index in [0.29, 0.717) is 5.82 Å². The van der Waals surface area contributed by atoms with E-state index < -0.39 is 0 Å². The van der Waals surface area contributed by atoms with Crippen molar-refractivity contribution in [3.63, 3.8) is 0 Å². The van der Waals surface area contributed by atoms with Crippen LogP contribution in [0.25, 0.3) is 11.4 Å². The fourth-order valence-electron chi connectivity index (χ4n) is 1.81. The summed E-state index contributed by atoms with van der Waals surface area (Å²) in [6.07, 6.45) is 3.59. The average molecular weight is 223 g/mol. The van der Waals surface area contributed by atoms with Gasteiger partial charge in [-0.15, -0.1) is 0 Å². The number of aryl methyl sites for hydroxylation is 3. The lowest BCUT2D eigenvalue weighted by atomic mass is 10.00. The summed E-state index contributed by atoms with van der Waals surface area (Å²) >= 11 is 0. The summed E-state index contributed by atoms with van der Waals surface area (Å²) in [5.41, 5.74) is 4.66. The van der Waals surface area contributed by atoms with Crippen molar-refractivity contribution >= 4 is 0 Å². The molecule has 0 fully saturated rings. The Bertz CT molecular complexity index is 569. The van der Waals surface area contributed by atoms with E-state index in [1.807, 2.05) is 32.9 Å². The standard InChI is InChI=1S/C14H13N3/c1-9-7-16-14(17-8-9)12-4-10(2)13(6-15)11(3)5-12/h4-5,7-8H,1-3H3. The largest absolute Gasteiger partial charge is 0.236 e. The van der Waals surface area contributed by atoms with Crippen LogP contribution in [-0.4, -0.2) is 9.97 Å². The third-order valence-corrected chi connectivity index (χ3v) is 2.68. The van der Waals surface area contributed by atoms with Crippen LogP contribution in [0, 0.1) is 32.1 Å². The smallest absolute Gasteiger partial charge is 0.159 e. The SMILES string of the molecule is Cc1cnc(-c2cc(C)c(C#N)c(C)c2)nc1. The van der Waals surface area contributed by atoms with Gasteiger partial charge in [0.05, 0.1) is 11.6 Å². The quantitative estimate of drug-likeness (QED) is 0.746. The Kier molecular flexibility index (Phi) is 2.88. The Hall–Kier alpha value is -2.21. The fourth-order valence-corrected chi connectivity index (χ4v) is 1.81. The summed E-state index contributed by atoms with van der Waals surface area (Å²) < 4.78 is 0. The van der Waals surface area contributed by atoms with E-state index in [0.717, 1.165) is 27.8 Å². The van der Waals surface area contributed by atoms with E-state index in [-0.39, 0.29) is 0 Å². The van der Waals surface area contributed by atoms with Crippen LogP contribution in [0.1, 0.15) is 22.3 Å². The first-order valence-corrected chi connectivity index (χ1v) is 5.42. The van der Waals surface area contributed by atoms with E-state index in [1.165, 1.54) is 0 Å². The number of hydrogen-bond donors (Lipinski definition) is 0. The number of nitriles is 1. The fraction of sp³-hybridized carbons (Fsp3) is 0.214. The normalized spacial score (nSPS) is 10.0. The number of aromatic nitrogens is 2. The average Bonchev–Trinajstić information content (AvgIpc) is 2.29. The lowest BCUT2D eigenvalue weighted by Crippen LogP contribution is -1.93. The van der Waals surface area contributed by atoms with E-state index in [2.05, 4.69) is 16.0 Å². The molecule has 1 aromatic carbocycles. The van der Waals surface area contributed by atoms with Gasteiger partial charge in [0, 0.05) is 18.0 Å². The maximum atomic E-state index is 9.02. The molecule has 0 aliphatic rings. The molecule has 0 spiro atoms. The van der Waals surface area contributed by atoms with Gasteiger partial charge >= 0.3 is 0 Å². The molecule has 0 bridgehead atoms. The molecule has 0 amide bonds. The summed E-state index contributed by atoms with van der Waals surface area (Å²) in [4.78, 5) is 8.58. The van der Waals surface area contributed by atoms with Crippen molar-refractivity contribution in [1.82, 2.24) is 9.97 Å². The van der Waals surface area contributed by atoms with Crippen molar-refractivity contribution in [2.45, 2.75) is 20.8 Å². The van der Waals surface area contributed by atoms with Crippen molar-refractivity contribution in [2.75, 3.05) is 0 Å². The third kappa shape index (κ3) is 2.16. The van der Waals surface area contributed by atoms with Gasteiger partial charge in [0.2, 0.25) is 0 Å². The van der Waals surface area contributed by atoms with Crippen molar-refractivity contribution in [2.24, 2.45) is 0 Å². The molecule has 0 atom stereocenters. The molecule has 0 saturated carbocycles. The summed E-state index contributed by atoms with van der Waals surface area (Å²) in [6.45, 7) is 5.82. The Morgan fingerprint density at radius 3 is 2.00 bits per heavy atom. The summed E-state index contributed by atoms with van der Waals surface area (Å²) in [5, 5.41) is 9.02. The summed E-state index contributed by atoms with van der Waals surface area (Å²) in [7, 11) is 0. The molecule has 3 heteroatoms. The molecule has 1 aromatic heterocycles. The predicted octanol–water partition coefficient (Wildman–Crippen LogP) is 2.94. The van der Waals surface area contributed by atoms with E-state index in [4.69, 9.17) is 5.26 Å². The minimum absolute atomic E-state index is 0.700. The van der Waals surface area contributed by atoms with Crippen LogP contribution in [0.4, 0.5) is 0 Å². The van der Waals surface area contributed by atoms with E-state index in [9.17, 15) is 0 Å². The van der Waals surface area contributed by atoms with Crippen LogP contribution in [-0.2, 0) is 0 Å². The lowest BCUT2D eigenvalue weighted by molar-refractivity contribution is 1.13. The van der Waals surface area contributed by atoms with Crippen LogP contribution in [0.3, 0.4) is 0 Å². The Morgan fingerprint density at radius 2 is 1.53 bits per heavy atom.